The van der Waals surface area contributed by atoms with Gasteiger partial charge in [-0.05, 0) is 37.0 Å². The Kier molecular flexibility index (Phi) is 7.03. The second kappa shape index (κ2) is 8.80. The molecule has 7 heteroatoms. The number of ether oxygens (including phenoxy) is 1. The van der Waals surface area contributed by atoms with E-state index < -0.39 is 18.1 Å². The Morgan fingerprint density at radius 2 is 2.10 bits per heavy atom. The second-order valence-electron chi connectivity index (χ2n) is 4.69. The summed E-state index contributed by atoms with van der Waals surface area (Å²) in [5, 5.41) is 11.2. The van der Waals surface area contributed by atoms with Crippen LogP contribution in [0.1, 0.15) is 24.8 Å². The molecule has 1 atom stereocenters. The van der Waals surface area contributed by atoms with Crippen LogP contribution in [0, 0.1) is 0 Å². The summed E-state index contributed by atoms with van der Waals surface area (Å²) in [4.78, 5) is 21.9. The lowest BCUT2D eigenvalue weighted by Crippen LogP contribution is -2.30. The lowest BCUT2D eigenvalue weighted by Gasteiger charge is -2.08. The van der Waals surface area contributed by atoms with Crippen molar-refractivity contribution in [1.82, 2.24) is 5.32 Å². The zero-order valence-corrected chi connectivity index (χ0v) is 11.7. The zero-order valence-electron chi connectivity index (χ0n) is 11.7. The molecular weight excluding hydrogens is 274 g/mol. The molecule has 0 saturated heterocycles. The number of nitrogen functional groups attached to an aromatic ring is 1. The Morgan fingerprint density at radius 1 is 1.33 bits per heavy atom. The van der Waals surface area contributed by atoms with E-state index in [4.69, 9.17) is 21.3 Å². The maximum atomic E-state index is 11.4. The summed E-state index contributed by atoms with van der Waals surface area (Å²) in [5.41, 5.74) is 12.4. The number of amides is 1. The molecule has 1 rings (SSSR count). The molecule has 0 saturated carbocycles. The number of rotatable bonds is 8. The van der Waals surface area contributed by atoms with Gasteiger partial charge in [0.05, 0.1) is 0 Å². The number of carboxylic acid groups (broad SMARTS) is 1. The molecule has 6 N–H and O–H groups in total. The van der Waals surface area contributed by atoms with Crippen LogP contribution in [-0.2, 0) is 16.1 Å². The molecular formula is C14H21N3O4. The number of anilines is 1. The van der Waals surface area contributed by atoms with Crippen LogP contribution < -0.4 is 16.8 Å². The van der Waals surface area contributed by atoms with Gasteiger partial charge in [0, 0.05) is 12.2 Å². The smallest absolute Gasteiger partial charge is 0.407 e. The van der Waals surface area contributed by atoms with Crippen molar-refractivity contribution in [1.29, 1.82) is 0 Å². The molecule has 0 radical (unpaired) electrons. The summed E-state index contributed by atoms with van der Waals surface area (Å²) in [6.07, 6.45) is 1.15. The third kappa shape index (κ3) is 7.17. The van der Waals surface area contributed by atoms with Gasteiger partial charge in [0.1, 0.15) is 12.6 Å². The van der Waals surface area contributed by atoms with Gasteiger partial charge in [-0.15, -0.1) is 0 Å². The van der Waals surface area contributed by atoms with Gasteiger partial charge in [0.2, 0.25) is 0 Å². The molecule has 0 bridgehead atoms. The highest BCUT2D eigenvalue weighted by molar-refractivity contribution is 5.72. The van der Waals surface area contributed by atoms with Gasteiger partial charge < -0.3 is 26.6 Å². The average molecular weight is 295 g/mol. The molecule has 0 fully saturated rings. The monoisotopic (exact) mass is 295 g/mol. The first kappa shape index (κ1) is 16.8. The van der Waals surface area contributed by atoms with Crippen molar-refractivity contribution in [2.75, 3.05) is 12.3 Å². The van der Waals surface area contributed by atoms with Crippen molar-refractivity contribution in [2.24, 2.45) is 5.73 Å². The van der Waals surface area contributed by atoms with E-state index in [1.807, 2.05) is 6.07 Å². The highest BCUT2D eigenvalue weighted by Crippen LogP contribution is 2.07. The summed E-state index contributed by atoms with van der Waals surface area (Å²) >= 11 is 0. The van der Waals surface area contributed by atoms with E-state index in [0.717, 1.165) is 5.56 Å². The molecule has 1 aromatic rings. The maximum absolute atomic E-state index is 11.4. The van der Waals surface area contributed by atoms with Crippen LogP contribution in [0.4, 0.5) is 10.5 Å². The number of benzene rings is 1. The number of alkyl carbamates (subject to hydrolysis) is 1. The number of nitrogens with one attached hydrogen (secondary N) is 1. The summed E-state index contributed by atoms with van der Waals surface area (Å²) < 4.78 is 5.02. The molecule has 0 aliphatic carbocycles. The first-order valence-electron chi connectivity index (χ1n) is 6.72. The Labute approximate surface area is 123 Å². The largest absolute Gasteiger partial charge is 0.480 e. The van der Waals surface area contributed by atoms with Crippen LogP contribution in [0.2, 0.25) is 0 Å². The van der Waals surface area contributed by atoms with Gasteiger partial charge in [0.15, 0.2) is 0 Å². The number of hydrogen-bond donors (Lipinski definition) is 4. The minimum absolute atomic E-state index is 0.154. The highest BCUT2D eigenvalue weighted by Gasteiger charge is 2.10. The van der Waals surface area contributed by atoms with Crippen molar-refractivity contribution >= 4 is 17.7 Å². The predicted molar refractivity (Wildman–Crippen MR) is 78.5 cm³/mol. The molecule has 1 amide bonds. The molecule has 0 aliphatic heterocycles. The third-order valence-electron chi connectivity index (χ3n) is 2.85. The van der Waals surface area contributed by atoms with E-state index in [1.54, 1.807) is 18.2 Å². The van der Waals surface area contributed by atoms with Crippen molar-refractivity contribution in [3.8, 4) is 0 Å². The van der Waals surface area contributed by atoms with Crippen LogP contribution in [0.5, 0.6) is 0 Å². The molecule has 1 unspecified atom stereocenters. The number of hydrogen-bond acceptors (Lipinski definition) is 5. The normalized spacial score (nSPS) is 11.7. The van der Waals surface area contributed by atoms with Crippen LogP contribution in [0.25, 0.3) is 0 Å². The van der Waals surface area contributed by atoms with Gasteiger partial charge in [-0.1, -0.05) is 12.1 Å². The first-order valence-corrected chi connectivity index (χ1v) is 6.72. The lowest BCUT2D eigenvalue weighted by atomic mass is 10.1. The molecule has 0 aliphatic rings. The molecule has 0 heterocycles. The minimum Gasteiger partial charge on any atom is -0.480 e. The van der Waals surface area contributed by atoms with E-state index in [0.29, 0.717) is 31.5 Å². The van der Waals surface area contributed by atoms with Gasteiger partial charge in [-0.25, -0.2) is 4.79 Å². The van der Waals surface area contributed by atoms with Gasteiger partial charge in [-0.2, -0.15) is 0 Å². The second-order valence-corrected chi connectivity index (χ2v) is 4.69. The molecule has 0 spiro atoms. The van der Waals surface area contributed by atoms with Crippen LogP contribution >= 0.6 is 0 Å². The molecule has 116 valence electrons. The summed E-state index contributed by atoms with van der Waals surface area (Å²) in [5.74, 6) is -1.01. The van der Waals surface area contributed by atoms with E-state index in [-0.39, 0.29) is 6.61 Å². The summed E-state index contributed by atoms with van der Waals surface area (Å²) in [6.45, 7) is 0.572. The SMILES string of the molecule is Nc1cccc(COC(=O)NCCCCC(N)C(=O)O)c1. The van der Waals surface area contributed by atoms with Gasteiger partial charge >= 0.3 is 12.1 Å². The summed E-state index contributed by atoms with van der Waals surface area (Å²) in [6, 6.07) is 6.25. The standard InChI is InChI=1S/C14H21N3O4/c15-11-5-3-4-10(8-11)9-21-14(20)17-7-2-1-6-12(16)13(18)19/h3-5,8,12H,1-2,6-7,9,15-16H2,(H,17,20)(H,18,19). The van der Waals surface area contributed by atoms with Crippen molar-refractivity contribution in [2.45, 2.75) is 31.9 Å². The number of carbonyl (C=O) groups is 2. The Morgan fingerprint density at radius 3 is 2.76 bits per heavy atom. The molecule has 1 aromatic carbocycles. The number of unbranched alkanes of at least 4 members (excludes halogenated alkanes) is 1. The summed E-state index contributed by atoms with van der Waals surface area (Å²) in [7, 11) is 0. The van der Waals surface area contributed by atoms with Gasteiger partial charge in [0.25, 0.3) is 0 Å². The van der Waals surface area contributed by atoms with Crippen molar-refractivity contribution in [3.05, 3.63) is 29.8 Å². The lowest BCUT2D eigenvalue weighted by molar-refractivity contribution is -0.138. The van der Waals surface area contributed by atoms with Crippen molar-refractivity contribution < 1.29 is 19.4 Å². The highest BCUT2D eigenvalue weighted by atomic mass is 16.5. The number of carbonyl (C=O) groups excluding carboxylic acids is 1. The Bertz CT molecular complexity index is 479. The maximum Gasteiger partial charge on any atom is 0.407 e. The fourth-order valence-corrected chi connectivity index (χ4v) is 1.69. The Hall–Kier alpha value is -2.28. The minimum atomic E-state index is -1.01. The number of carboxylic acids is 1. The zero-order chi connectivity index (χ0) is 15.7. The molecule has 7 nitrogen and oxygen atoms in total. The van der Waals surface area contributed by atoms with Crippen LogP contribution in [0.15, 0.2) is 24.3 Å². The predicted octanol–water partition coefficient (Wildman–Crippen LogP) is 1.08. The molecule has 0 aromatic heterocycles. The van der Waals surface area contributed by atoms with Crippen LogP contribution in [-0.4, -0.2) is 29.8 Å². The topological polar surface area (TPSA) is 128 Å². The number of nitrogens with two attached hydrogens (primary N) is 2. The third-order valence-corrected chi connectivity index (χ3v) is 2.85. The van der Waals surface area contributed by atoms with Gasteiger partial charge in [-0.3, -0.25) is 4.79 Å². The average Bonchev–Trinajstić information content (AvgIpc) is 2.44. The van der Waals surface area contributed by atoms with E-state index in [2.05, 4.69) is 5.32 Å². The van der Waals surface area contributed by atoms with E-state index in [1.165, 1.54) is 0 Å². The van der Waals surface area contributed by atoms with Crippen LogP contribution in [0.3, 0.4) is 0 Å². The fourth-order valence-electron chi connectivity index (χ4n) is 1.69. The first-order chi connectivity index (χ1) is 9.99. The Balaban J connectivity index is 2.10. The fraction of sp³-hybridized carbons (Fsp3) is 0.429. The number of aliphatic carboxylic acids is 1. The van der Waals surface area contributed by atoms with E-state index >= 15 is 0 Å². The molecule has 21 heavy (non-hydrogen) atoms. The van der Waals surface area contributed by atoms with E-state index in [9.17, 15) is 9.59 Å². The van der Waals surface area contributed by atoms with Crippen molar-refractivity contribution in [3.63, 3.8) is 0 Å². The quantitative estimate of drug-likeness (QED) is 0.419.